The average molecular weight is 362 g/mol. The molecule has 2 amide bonds. The standard InChI is InChI=1S/C20H30N2O4/c1-5-25-15-12-10-14(11-13-15)18(23)21-16-8-6-7-9-17(16)22-19(24)26-20(2,3)4/h10-13,16-17H,5-9H2,1-4H3,(H,21,23)(H,22,24)/t16?,17-/m0/s1. The van der Waals surface area contributed by atoms with Crippen LogP contribution in [0.15, 0.2) is 24.3 Å². The first-order valence-corrected chi connectivity index (χ1v) is 9.31. The van der Waals surface area contributed by atoms with Gasteiger partial charge in [-0.15, -0.1) is 0 Å². The van der Waals surface area contributed by atoms with Crippen LogP contribution < -0.4 is 15.4 Å². The number of carbonyl (C=O) groups is 2. The van der Waals surface area contributed by atoms with Crippen LogP contribution in [0.3, 0.4) is 0 Å². The molecule has 0 heterocycles. The number of nitrogens with one attached hydrogen (secondary N) is 2. The molecule has 2 atom stereocenters. The molecule has 1 aromatic carbocycles. The Morgan fingerprint density at radius 1 is 1.04 bits per heavy atom. The summed E-state index contributed by atoms with van der Waals surface area (Å²) in [6.07, 6.45) is 3.28. The average Bonchev–Trinajstić information content (AvgIpc) is 2.56. The van der Waals surface area contributed by atoms with Crippen LogP contribution in [0.2, 0.25) is 0 Å². The highest BCUT2D eigenvalue weighted by atomic mass is 16.6. The number of rotatable bonds is 5. The summed E-state index contributed by atoms with van der Waals surface area (Å²) < 4.78 is 10.7. The van der Waals surface area contributed by atoms with E-state index >= 15 is 0 Å². The molecule has 6 heteroatoms. The van der Waals surface area contributed by atoms with E-state index in [1.54, 1.807) is 24.3 Å². The lowest BCUT2D eigenvalue weighted by molar-refractivity contribution is 0.0475. The molecule has 1 aliphatic carbocycles. The number of amides is 2. The van der Waals surface area contributed by atoms with Crippen LogP contribution in [-0.2, 0) is 4.74 Å². The van der Waals surface area contributed by atoms with Crippen LogP contribution in [0.25, 0.3) is 0 Å². The lowest BCUT2D eigenvalue weighted by atomic mass is 9.90. The SMILES string of the molecule is CCOc1ccc(C(=O)NC2CCCC[C@@H]2NC(=O)OC(C)(C)C)cc1. The summed E-state index contributed by atoms with van der Waals surface area (Å²) in [7, 11) is 0. The molecule has 1 aromatic rings. The third-order valence-corrected chi connectivity index (χ3v) is 4.21. The Bertz CT molecular complexity index is 607. The van der Waals surface area contributed by atoms with Gasteiger partial charge in [-0.3, -0.25) is 4.79 Å². The fraction of sp³-hybridized carbons (Fsp3) is 0.600. The van der Waals surface area contributed by atoms with Crippen LogP contribution in [0.5, 0.6) is 5.75 Å². The highest BCUT2D eigenvalue weighted by molar-refractivity contribution is 5.94. The fourth-order valence-corrected chi connectivity index (χ4v) is 3.06. The minimum atomic E-state index is -0.542. The van der Waals surface area contributed by atoms with Gasteiger partial charge in [-0.05, 0) is 64.8 Å². The van der Waals surface area contributed by atoms with E-state index in [-0.39, 0.29) is 18.0 Å². The van der Waals surface area contributed by atoms with E-state index in [2.05, 4.69) is 10.6 Å². The molecule has 144 valence electrons. The quantitative estimate of drug-likeness (QED) is 0.838. The monoisotopic (exact) mass is 362 g/mol. The Morgan fingerprint density at radius 2 is 1.62 bits per heavy atom. The summed E-state index contributed by atoms with van der Waals surface area (Å²) in [6.45, 7) is 8.00. The summed E-state index contributed by atoms with van der Waals surface area (Å²) in [5.74, 6) is 0.599. The van der Waals surface area contributed by atoms with Gasteiger partial charge in [0, 0.05) is 11.6 Å². The molecule has 2 rings (SSSR count). The molecular weight excluding hydrogens is 332 g/mol. The number of benzene rings is 1. The molecule has 0 aliphatic heterocycles. The van der Waals surface area contributed by atoms with Gasteiger partial charge in [0.15, 0.2) is 0 Å². The van der Waals surface area contributed by atoms with E-state index in [0.717, 1.165) is 31.4 Å². The van der Waals surface area contributed by atoms with Crippen molar-refractivity contribution in [3.05, 3.63) is 29.8 Å². The van der Waals surface area contributed by atoms with Gasteiger partial charge in [0.25, 0.3) is 5.91 Å². The molecule has 26 heavy (non-hydrogen) atoms. The number of hydrogen-bond donors (Lipinski definition) is 2. The predicted octanol–water partition coefficient (Wildman–Crippen LogP) is 3.65. The van der Waals surface area contributed by atoms with E-state index in [9.17, 15) is 9.59 Å². The molecule has 6 nitrogen and oxygen atoms in total. The van der Waals surface area contributed by atoms with Crippen molar-refractivity contribution in [3.8, 4) is 5.75 Å². The van der Waals surface area contributed by atoms with Gasteiger partial charge in [0.05, 0.1) is 12.6 Å². The highest BCUT2D eigenvalue weighted by Gasteiger charge is 2.29. The fourth-order valence-electron chi connectivity index (χ4n) is 3.06. The Morgan fingerprint density at radius 3 is 2.15 bits per heavy atom. The van der Waals surface area contributed by atoms with Crippen LogP contribution in [0.4, 0.5) is 4.79 Å². The van der Waals surface area contributed by atoms with Crippen molar-refractivity contribution in [3.63, 3.8) is 0 Å². The van der Waals surface area contributed by atoms with Gasteiger partial charge >= 0.3 is 6.09 Å². The normalized spacial score (nSPS) is 20.2. The second-order valence-corrected chi connectivity index (χ2v) is 7.57. The van der Waals surface area contributed by atoms with Crippen molar-refractivity contribution in [2.75, 3.05) is 6.61 Å². The Hall–Kier alpha value is -2.24. The van der Waals surface area contributed by atoms with E-state index < -0.39 is 11.7 Å². The van der Waals surface area contributed by atoms with Gasteiger partial charge in [0.1, 0.15) is 11.4 Å². The third-order valence-electron chi connectivity index (χ3n) is 4.21. The second-order valence-electron chi connectivity index (χ2n) is 7.57. The second kappa shape index (κ2) is 8.92. The summed E-state index contributed by atoms with van der Waals surface area (Å²) in [6, 6.07) is 6.85. The Labute approximate surface area is 155 Å². The van der Waals surface area contributed by atoms with Gasteiger partial charge < -0.3 is 20.1 Å². The van der Waals surface area contributed by atoms with E-state index in [1.807, 2.05) is 27.7 Å². The first-order valence-electron chi connectivity index (χ1n) is 9.31. The smallest absolute Gasteiger partial charge is 0.407 e. The molecule has 2 N–H and O–H groups in total. The highest BCUT2D eigenvalue weighted by Crippen LogP contribution is 2.20. The lowest BCUT2D eigenvalue weighted by Crippen LogP contribution is -2.53. The molecule has 1 saturated carbocycles. The predicted molar refractivity (Wildman–Crippen MR) is 100 cm³/mol. The van der Waals surface area contributed by atoms with Crippen LogP contribution in [-0.4, -0.2) is 36.3 Å². The van der Waals surface area contributed by atoms with E-state index in [4.69, 9.17) is 9.47 Å². The van der Waals surface area contributed by atoms with Crippen molar-refractivity contribution >= 4 is 12.0 Å². The molecule has 0 spiro atoms. The number of alkyl carbamates (subject to hydrolysis) is 1. The first-order chi connectivity index (χ1) is 12.3. The third kappa shape index (κ3) is 6.24. The zero-order valence-electron chi connectivity index (χ0n) is 16.1. The van der Waals surface area contributed by atoms with Gasteiger partial charge in [-0.2, -0.15) is 0 Å². The largest absolute Gasteiger partial charge is 0.494 e. The zero-order valence-corrected chi connectivity index (χ0v) is 16.1. The first kappa shape index (κ1) is 20.1. The minimum absolute atomic E-state index is 0.102. The summed E-state index contributed by atoms with van der Waals surface area (Å²) in [5.41, 5.74) is 0.0369. The van der Waals surface area contributed by atoms with Crippen molar-refractivity contribution < 1.29 is 19.1 Å². The Balaban J connectivity index is 1.96. The van der Waals surface area contributed by atoms with Crippen molar-refractivity contribution in [1.29, 1.82) is 0 Å². The topological polar surface area (TPSA) is 76.7 Å². The molecular formula is C20H30N2O4. The summed E-state index contributed by atoms with van der Waals surface area (Å²) >= 11 is 0. The Kier molecular flexibility index (Phi) is 6.89. The lowest BCUT2D eigenvalue weighted by Gasteiger charge is -2.33. The molecule has 1 fully saturated rings. The molecule has 0 saturated heterocycles. The van der Waals surface area contributed by atoms with Crippen LogP contribution in [0.1, 0.15) is 63.7 Å². The maximum absolute atomic E-state index is 12.5. The summed E-state index contributed by atoms with van der Waals surface area (Å²) in [5, 5.41) is 5.97. The molecule has 0 aromatic heterocycles. The zero-order chi connectivity index (χ0) is 19.2. The van der Waals surface area contributed by atoms with Crippen molar-refractivity contribution in [2.24, 2.45) is 0 Å². The van der Waals surface area contributed by atoms with Gasteiger partial charge in [0.2, 0.25) is 0 Å². The maximum atomic E-state index is 12.5. The molecule has 0 radical (unpaired) electrons. The van der Waals surface area contributed by atoms with Crippen LogP contribution >= 0.6 is 0 Å². The van der Waals surface area contributed by atoms with Crippen LogP contribution in [0, 0.1) is 0 Å². The van der Waals surface area contributed by atoms with Gasteiger partial charge in [-0.25, -0.2) is 4.79 Å². The number of carbonyl (C=O) groups excluding carboxylic acids is 2. The minimum Gasteiger partial charge on any atom is -0.494 e. The summed E-state index contributed by atoms with van der Waals surface area (Å²) in [4.78, 5) is 24.6. The van der Waals surface area contributed by atoms with E-state index in [1.165, 1.54) is 0 Å². The number of ether oxygens (including phenoxy) is 2. The molecule has 0 bridgehead atoms. The van der Waals surface area contributed by atoms with Gasteiger partial charge in [-0.1, -0.05) is 12.8 Å². The molecule has 1 unspecified atom stereocenters. The van der Waals surface area contributed by atoms with E-state index in [0.29, 0.717) is 12.2 Å². The molecule has 1 aliphatic rings. The maximum Gasteiger partial charge on any atom is 0.407 e. The number of hydrogen-bond acceptors (Lipinski definition) is 4. The van der Waals surface area contributed by atoms with Crippen molar-refractivity contribution in [1.82, 2.24) is 10.6 Å². The van der Waals surface area contributed by atoms with Crippen molar-refractivity contribution in [2.45, 2.75) is 71.1 Å².